The second-order valence-electron chi connectivity index (χ2n) is 21.5. The number of aliphatic hydroxyl groups is 1. The van der Waals surface area contributed by atoms with Gasteiger partial charge >= 0.3 is 0 Å². The van der Waals surface area contributed by atoms with E-state index in [4.69, 9.17) is 18.3 Å². The van der Waals surface area contributed by atoms with Crippen LogP contribution in [0.2, 0.25) is 36.3 Å². The van der Waals surface area contributed by atoms with E-state index in [1.807, 2.05) is 6.92 Å². The molecule has 4 aliphatic carbocycles. The Balaban J connectivity index is 1.59. The molecule has 1 unspecified atom stereocenters. The number of allylic oxidation sites excluding steroid dienone is 1. The molecule has 3 fully saturated rings. The third-order valence-corrected chi connectivity index (χ3v) is 25.1. The Morgan fingerprint density at radius 3 is 2.06 bits per heavy atom. The van der Waals surface area contributed by atoms with Crippen LogP contribution in [0.5, 0.6) is 0 Å². The number of rotatable bonds is 14. The van der Waals surface area contributed by atoms with Crippen LogP contribution in [0.3, 0.4) is 0 Å². The SMILES string of the molecule is CCOC(C)OC(C)(C)C(F)(F)CC[C@@H](CO)[C@H]1CC[C@H]2[C@@H]3CC=C4C[C@@H](O[Si](C)(C)C(C)(C)C)C[C@H](O[Si](C)(C)C(C)(C)C)[C@]4(C)[C@H]3CC[C@]12C. The summed E-state index contributed by atoms with van der Waals surface area (Å²) < 4.78 is 57.4. The average molecular weight is 771 g/mol. The monoisotopic (exact) mass is 771 g/mol. The molecule has 52 heavy (non-hydrogen) atoms. The van der Waals surface area contributed by atoms with Crippen LogP contribution in [0.4, 0.5) is 8.78 Å². The smallest absolute Gasteiger partial charge is 0.276 e. The van der Waals surface area contributed by atoms with Gasteiger partial charge < -0.3 is 23.4 Å². The summed E-state index contributed by atoms with van der Waals surface area (Å²) in [7, 11) is -4.07. The molecule has 0 aliphatic heterocycles. The van der Waals surface area contributed by atoms with Gasteiger partial charge in [0.05, 0.1) is 12.2 Å². The van der Waals surface area contributed by atoms with Gasteiger partial charge in [0.1, 0.15) is 5.60 Å². The topological polar surface area (TPSA) is 57.2 Å². The van der Waals surface area contributed by atoms with Gasteiger partial charge in [-0.1, -0.05) is 67.0 Å². The molecule has 5 nitrogen and oxygen atoms in total. The fourth-order valence-electron chi connectivity index (χ4n) is 10.7. The number of alkyl halides is 2. The molecule has 10 atom stereocenters. The number of hydrogen-bond donors (Lipinski definition) is 1. The third kappa shape index (κ3) is 8.42. The van der Waals surface area contributed by atoms with E-state index >= 15 is 8.78 Å². The normalized spacial score (nSPS) is 34.6. The Morgan fingerprint density at radius 1 is 0.904 bits per heavy atom. The maximum absolute atomic E-state index is 15.8. The lowest BCUT2D eigenvalue weighted by molar-refractivity contribution is -0.265. The van der Waals surface area contributed by atoms with Gasteiger partial charge in [-0.3, -0.25) is 0 Å². The van der Waals surface area contributed by atoms with Crippen molar-refractivity contribution in [2.75, 3.05) is 13.2 Å². The van der Waals surface area contributed by atoms with E-state index in [9.17, 15) is 5.11 Å². The highest BCUT2D eigenvalue weighted by Gasteiger charge is 2.63. The summed E-state index contributed by atoms with van der Waals surface area (Å²) in [6.45, 7) is 35.4. The lowest BCUT2D eigenvalue weighted by Gasteiger charge is -2.62. The minimum Gasteiger partial charge on any atom is -0.414 e. The molecule has 304 valence electrons. The number of halogens is 2. The molecule has 0 radical (unpaired) electrons. The maximum atomic E-state index is 15.8. The Labute approximate surface area is 320 Å². The summed E-state index contributed by atoms with van der Waals surface area (Å²) in [5.74, 6) is -1.39. The fourth-order valence-corrected chi connectivity index (χ4v) is 13.5. The van der Waals surface area contributed by atoms with Crippen LogP contribution in [-0.2, 0) is 18.3 Å². The van der Waals surface area contributed by atoms with Crippen LogP contribution >= 0.6 is 0 Å². The van der Waals surface area contributed by atoms with Gasteiger partial charge in [0, 0.05) is 25.0 Å². The fraction of sp³-hybridized carbons (Fsp3) is 0.953. The lowest BCUT2D eigenvalue weighted by Crippen LogP contribution is -2.60. The van der Waals surface area contributed by atoms with Gasteiger partial charge in [-0.25, -0.2) is 8.78 Å². The number of fused-ring (bicyclic) bond motifs is 5. The molecule has 0 aromatic rings. The molecule has 3 saturated carbocycles. The van der Waals surface area contributed by atoms with Crippen molar-refractivity contribution in [1.29, 1.82) is 0 Å². The minimum atomic E-state index is -3.05. The van der Waals surface area contributed by atoms with Gasteiger partial charge in [0.2, 0.25) is 0 Å². The van der Waals surface area contributed by atoms with E-state index in [1.165, 1.54) is 13.8 Å². The summed E-state index contributed by atoms with van der Waals surface area (Å²) in [5.41, 5.74) is -0.126. The van der Waals surface area contributed by atoms with Crippen molar-refractivity contribution in [2.45, 2.75) is 207 Å². The molecule has 0 spiro atoms. The Bertz CT molecular complexity index is 1250. The zero-order valence-corrected chi connectivity index (χ0v) is 38.3. The minimum absolute atomic E-state index is 0.0273. The third-order valence-electron chi connectivity index (χ3n) is 16.1. The second kappa shape index (κ2) is 15.3. The largest absolute Gasteiger partial charge is 0.414 e. The zero-order valence-electron chi connectivity index (χ0n) is 36.3. The summed E-state index contributed by atoms with van der Waals surface area (Å²) in [5, 5.41) is 11.0. The van der Waals surface area contributed by atoms with Crippen molar-refractivity contribution in [3.05, 3.63) is 11.6 Å². The zero-order chi connectivity index (χ0) is 39.5. The molecule has 0 bridgehead atoms. The predicted molar refractivity (Wildman–Crippen MR) is 216 cm³/mol. The second-order valence-corrected chi connectivity index (χ2v) is 31.0. The molecule has 0 aromatic carbocycles. The highest BCUT2D eigenvalue weighted by molar-refractivity contribution is 6.74. The van der Waals surface area contributed by atoms with Crippen LogP contribution in [0.25, 0.3) is 0 Å². The molecule has 0 aromatic heterocycles. The van der Waals surface area contributed by atoms with E-state index in [0.29, 0.717) is 30.8 Å². The van der Waals surface area contributed by atoms with E-state index in [1.54, 1.807) is 12.5 Å². The van der Waals surface area contributed by atoms with Gasteiger partial charge in [0.15, 0.2) is 22.9 Å². The lowest BCUT2D eigenvalue weighted by atomic mass is 9.46. The molecular formula is C43H80F2O5Si2. The molecule has 4 rings (SSSR count). The van der Waals surface area contributed by atoms with E-state index in [-0.39, 0.29) is 58.0 Å². The Morgan fingerprint density at radius 2 is 1.50 bits per heavy atom. The maximum Gasteiger partial charge on any atom is 0.276 e. The van der Waals surface area contributed by atoms with Crippen LogP contribution in [0.1, 0.15) is 141 Å². The van der Waals surface area contributed by atoms with Crippen molar-refractivity contribution in [3.8, 4) is 0 Å². The van der Waals surface area contributed by atoms with Crippen LogP contribution in [-0.4, -0.2) is 65.0 Å². The molecule has 0 heterocycles. The predicted octanol–water partition coefficient (Wildman–Crippen LogP) is 12.2. The van der Waals surface area contributed by atoms with Gasteiger partial charge in [-0.15, -0.1) is 0 Å². The summed E-state index contributed by atoms with van der Waals surface area (Å²) >= 11 is 0. The van der Waals surface area contributed by atoms with Gasteiger partial charge in [0.25, 0.3) is 5.92 Å². The molecule has 1 N–H and O–H groups in total. The number of ether oxygens (including phenoxy) is 2. The Hall–Kier alpha value is -0.166. The van der Waals surface area contributed by atoms with Crippen LogP contribution in [0, 0.1) is 40.4 Å². The first-order valence-corrected chi connectivity index (χ1v) is 26.7. The standard InChI is InChI=1S/C43H80F2O5Si2/c1-17-47-29(2)48-40(9,10)43(44,45)25-22-30(28-46)34-20-21-35-33-19-18-31-26-32(49-51(13,14)38(3,4)5)27-37(50-52(15,16)39(6,7)8)42(31,12)36(33)23-24-41(34,35)11/h18,29-30,32-37,46H,17,19-28H2,1-16H3/t29?,30-,32+,33-,34+,35-,36-,37-,41+,42-/m0/s1. The van der Waals surface area contributed by atoms with E-state index < -0.39 is 34.4 Å². The molecule has 0 saturated heterocycles. The van der Waals surface area contributed by atoms with Crippen molar-refractivity contribution in [2.24, 2.45) is 40.4 Å². The first-order valence-electron chi connectivity index (χ1n) is 20.9. The van der Waals surface area contributed by atoms with Gasteiger partial charge in [-0.05, 0) is 150 Å². The van der Waals surface area contributed by atoms with Crippen LogP contribution < -0.4 is 0 Å². The first kappa shape index (κ1) is 44.5. The summed E-state index contributed by atoms with van der Waals surface area (Å²) in [4.78, 5) is 0. The summed E-state index contributed by atoms with van der Waals surface area (Å²) in [6, 6.07) is 0. The molecule has 4 aliphatic rings. The first-order chi connectivity index (χ1) is 23.6. The molecule has 9 heteroatoms. The van der Waals surface area contributed by atoms with Crippen molar-refractivity contribution < 1.29 is 32.2 Å². The average Bonchev–Trinajstić information content (AvgIpc) is 3.33. The number of aliphatic hydroxyl groups excluding tert-OH is 1. The Kier molecular flexibility index (Phi) is 13.1. The highest BCUT2D eigenvalue weighted by Crippen LogP contribution is 2.68. The van der Waals surface area contributed by atoms with Crippen molar-refractivity contribution >= 4 is 16.6 Å². The molecule has 0 amide bonds. The number of hydrogen-bond acceptors (Lipinski definition) is 5. The quantitative estimate of drug-likeness (QED) is 0.108. The summed E-state index contributed by atoms with van der Waals surface area (Å²) in [6.07, 6.45) is 9.51. The van der Waals surface area contributed by atoms with Crippen LogP contribution in [0.15, 0.2) is 11.6 Å². The molecular weight excluding hydrogens is 691 g/mol. The van der Waals surface area contributed by atoms with Gasteiger partial charge in [-0.2, -0.15) is 0 Å². The highest BCUT2D eigenvalue weighted by atomic mass is 28.4. The van der Waals surface area contributed by atoms with Crippen molar-refractivity contribution in [1.82, 2.24) is 0 Å². The van der Waals surface area contributed by atoms with E-state index in [2.05, 4.69) is 87.7 Å². The van der Waals surface area contributed by atoms with E-state index in [0.717, 1.165) is 44.9 Å². The van der Waals surface area contributed by atoms with Crippen molar-refractivity contribution in [3.63, 3.8) is 0 Å².